The molecule has 0 bridgehead atoms. The predicted molar refractivity (Wildman–Crippen MR) is 79.8 cm³/mol. The van der Waals surface area contributed by atoms with Gasteiger partial charge in [0.1, 0.15) is 11.5 Å². The maximum atomic E-state index is 10.9. The van der Waals surface area contributed by atoms with Gasteiger partial charge in [-0.05, 0) is 30.7 Å². The molecule has 0 saturated heterocycles. The quantitative estimate of drug-likeness (QED) is 0.650. The number of non-ortho nitro benzene ring substituents is 1. The number of phenolic OH excluding ortho intramolecular Hbond substituents is 1. The van der Waals surface area contributed by atoms with Crippen molar-refractivity contribution in [1.82, 2.24) is 0 Å². The largest absolute Gasteiger partial charge is 0.508 e. The summed E-state index contributed by atoms with van der Waals surface area (Å²) in [7, 11) is 1.51. The Kier molecular flexibility index (Phi) is 4.27. The first kappa shape index (κ1) is 14.6. The Hall–Kier alpha value is -2.76. The van der Waals surface area contributed by atoms with Crippen molar-refractivity contribution in [2.45, 2.75) is 13.0 Å². The van der Waals surface area contributed by atoms with E-state index in [1.807, 2.05) is 6.92 Å². The molecule has 110 valence electrons. The highest BCUT2D eigenvalue weighted by molar-refractivity contribution is 5.62. The Morgan fingerprint density at radius 1 is 1.24 bits per heavy atom. The highest BCUT2D eigenvalue weighted by Crippen LogP contribution is 2.32. The summed E-state index contributed by atoms with van der Waals surface area (Å²) in [5.74, 6) is 0.727. The molecular formula is C15H16N2O4. The van der Waals surface area contributed by atoms with Gasteiger partial charge in [0.2, 0.25) is 0 Å². The second-order valence-electron chi connectivity index (χ2n) is 4.60. The molecule has 0 radical (unpaired) electrons. The molecule has 0 aliphatic heterocycles. The minimum Gasteiger partial charge on any atom is -0.508 e. The second kappa shape index (κ2) is 6.13. The number of nitro benzene ring substituents is 1. The molecule has 2 rings (SSSR count). The van der Waals surface area contributed by atoms with E-state index in [-0.39, 0.29) is 17.5 Å². The molecule has 6 heteroatoms. The summed E-state index contributed by atoms with van der Waals surface area (Å²) in [4.78, 5) is 10.4. The third-order valence-electron chi connectivity index (χ3n) is 3.16. The fourth-order valence-corrected chi connectivity index (χ4v) is 2.00. The summed E-state index contributed by atoms with van der Waals surface area (Å²) >= 11 is 0. The minimum absolute atomic E-state index is 0.00351. The second-order valence-corrected chi connectivity index (χ2v) is 4.60. The van der Waals surface area contributed by atoms with Gasteiger partial charge in [-0.25, -0.2) is 0 Å². The molecule has 0 aliphatic rings. The van der Waals surface area contributed by atoms with Gasteiger partial charge in [-0.1, -0.05) is 12.1 Å². The summed E-state index contributed by atoms with van der Waals surface area (Å²) in [6.45, 7) is 1.92. The summed E-state index contributed by atoms with van der Waals surface area (Å²) in [5, 5.41) is 23.3. The zero-order chi connectivity index (χ0) is 15.4. The smallest absolute Gasteiger partial charge is 0.271 e. The summed E-state index contributed by atoms with van der Waals surface area (Å²) in [6, 6.07) is 11.1. The van der Waals surface area contributed by atoms with Gasteiger partial charge in [-0.2, -0.15) is 0 Å². The van der Waals surface area contributed by atoms with Gasteiger partial charge >= 0.3 is 0 Å². The summed E-state index contributed by atoms with van der Waals surface area (Å²) < 4.78 is 5.21. The van der Waals surface area contributed by atoms with E-state index >= 15 is 0 Å². The SMILES string of the molecule is COc1ccc([N+](=O)[O-])cc1NC(C)c1ccc(O)cc1. The Bertz CT molecular complexity index is 641. The van der Waals surface area contributed by atoms with Crippen LogP contribution in [0.1, 0.15) is 18.5 Å². The molecule has 21 heavy (non-hydrogen) atoms. The van der Waals surface area contributed by atoms with E-state index < -0.39 is 4.92 Å². The van der Waals surface area contributed by atoms with E-state index in [1.165, 1.54) is 19.2 Å². The van der Waals surface area contributed by atoms with Crippen molar-refractivity contribution in [3.05, 3.63) is 58.1 Å². The van der Waals surface area contributed by atoms with Gasteiger partial charge in [0, 0.05) is 18.2 Å². The molecule has 2 aromatic carbocycles. The van der Waals surface area contributed by atoms with Gasteiger partial charge in [0.15, 0.2) is 0 Å². The van der Waals surface area contributed by atoms with Crippen molar-refractivity contribution < 1.29 is 14.8 Å². The normalized spacial score (nSPS) is 11.7. The van der Waals surface area contributed by atoms with E-state index in [0.29, 0.717) is 11.4 Å². The molecular weight excluding hydrogens is 272 g/mol. The number of aromatic hydroxyl groups is 1. The molecule has 6 nitrogen and oxygen atoms in total. The first-order valence-electron chi connectivity index (χ1n) is 6.39. The van der Waals surface area contributed by atoms with E-state index in [0.717, 1.165) is 5.56 Å². The Morgan fingerprint density at radius 3 is 2.48 bits per heavy atom. The third-order valence-corrected chi connectivity index (χ3v) is 3.16. The number of benzene rings is 2. The van der Waals surface area contributed by atoms with Crippen LogP contribution in [0.4, 0.5) is 11.4 Å². The van der Waals surface area contributed by atoms with Crippen molar-refractivity contribution in [1.29, 1.82) is 0 Å². The molecule has 0 aliphatic carbocycles. The Morgan fingerprint density at radius 2 is 1.90 bits per heavy atom. The summed E-state index contributed by atoms with van der Waals surface area (Å²) in [6.07, 6.45) is 0. The first-order chi connectivity index (χ1) is 10.0. The molecule has 0 spiro atoms. The number of nitrogens with one attached hydrogen (secondary N) is 1. The van der Waals surface area contributed by atoms with Crippen LogP contribution in [-0.4, -0.2) is 17.1 Å². The standard InChI is InChI=1S/C15H16N2O4/c1-10(11-3-6-13(18)7-4-11)16-14-9-12(17(19)20)5-8-15(14)21-2/h3-10,16,18H,1-2H3. The number of rotatable bonds is 5. The molecule has 0 saturated carbocycles. The number of anilines is 1. The molecule has 1 unspecified atom stereocenters. The average Bonchev–Trinajstić information content (AvgIpc) is 2.47. The first-order valence-corrected chi connectivity index (χ1v) is 6.39. The zero-order valence-electron chi connectivity index (χ0n) is 11.7. The van der Waals surface area contributed by atoms with Crippen molar-refractivity contribution in [2.24, 2.45) is 0 Å². The lowest BCUT2D eigenvalue weighted by atomic mass is 10.1. The lowest BCUT2D eigenvalue weighted by Gasteiger charge is -2.17. The average molecular weight is 288 g/mol. The molecule has 0 fully saturated rings. The monoisotopic (exact) mass is 288 g/mol. The van der Waals surface area contributed by atoms with Gasteiger partial charge in [-0.3, -0.25) is 10.1 Å². The number of ether oxygens (including phenoxy) is 1. The lowest BCUT2D eigenvalue weighted by molar-refractivity contribution is -0.384. The molecule has 1 atom stereocenters. The van der Waals surface area contributed by atoms with E-state index in [1.54, 1.807) is 30.3 Å². The number of nitrogens with zero attached hydrogens (tertiary/aromatic N) is 1. The van der Waals surface area contributed by atoms with Crippen LogP contribution < -0.4 is 10.1 Å². The fourth-order valence-electron chi connectivity index (χ4n) is 2.00. The highest BCUT2D eigenvalue weighted by atomic mass is 16.6. The fraction of sp³-hybridized carbons (Fsp3) is 0.200. The van der Waals surface area contributed by atoms with Crippen LogP contribution >= 0.6 is 0 Å². The number of methoxy groups -OCH3 is 1. The van der Waals surface area contributed by atoms with Crippen molar-refractivity contribution in [3.8, 4) is 11.5 Å². The number of nitro groups is 1. The zero-order valence-corrected chi connectivity index (χ0v) is 11.7. The number of phenols is 1. The van der Waals surface area contributed by atoms with Gasteiger partial charge in [0.05, 0.1) is 17.7 Å². The van der Waals surface area contributed by atoms with Crippen LogP contribution in [0.3, 0.4) is 0 Å². The van der Waals surface area contributed by atoms with Gasteiger partial charge < -0.3 is 15.2 Å². The highest BCUT2D eigenvalue weighted by Gasteiger charge is 2.14. The van der Waals surface area contributed by atoms with Crippen LogP contribution in [0.2, 0.25) is 0 Å². The summed E-state index contributed by atoms with van der Waals surface area (Å²) in [5.41, 5.74) is 1.49. The van der Waals surface area contributed by atoms with Crippen molar-refractivity contribution >= 4 is 11.4 Å². The molecule has 0 amide bonds. The van der Waals surface area contributed by atoms with Gasteiger partial charge in [-0.15, -0.1) is 0 Å². The topological polar surface area (TPSA) is 84.6 Å². The molecule has 0 heterocycles. The van der Waals surface area contributed by atoms with Gasteiger partial charge in [0.25, 0.3) is 5.69 Å². The predicted octanol–water partition coefficient (Wildman–Crippen LogP) is 3.48. The molecule has 2 N–H and O–H groups in total. The third kappa shape index (κ3) is 3.42. The van der Waals surface area contributed by atoms with Crippen LogP contribution in [0.5, 0.6) is 11.5 Å². The van der Waals surface area contributed by atoms with Crippen molar-refractivity contribution in [3.63, 3.8) is 0 Å². The van der Waals surface area contributed by atoms with E-state index in [2.05, 4.69) is 5.32 Å². The van der Waals surface area contributed by atoms with Crippen molar-refractivity contribution in [2.75, 3.05) is 12.4 Å². The van der Waals surface area contributed by atoms with E-state index in [9.17, 15) is 15.2 Å². The molecule has 2 aromatic rings. The Labute approximate surface area is 122 Å². The van der Waals surface area contributed by atoms with E-state index in [4.69, 9.17) is 4.74 Å². The maximum absolute atomic E-state index is 10.9. The minimum atomic E-state index is -0.449. The lowest BCUT2D eigenvalue weighted by Crippen LogP contribution is -2.08. The Balaban J connectivity index is 2.26. The number of hydrogen-bond donors (Lipinski definition) is 2. The maximum Gasteiger partial charge on any atom is 0.271 e. The van der Waals surface area contributed by atoms with Crippen LogP contribution in [0.25, 0.3) is 0 Å². The van der Waals surface area contributed by atoms with Crippen LogP contribution in [-0.2, 0) is 0 Å². The molecule has 0 aromatic heterocycles. The number of hydrogen-bond acceptors (Lipinski definition) is 5. The van der Waals surface area contributed by atoms with Crippen LogP contribution in [0.15, 0.2) is 42.5 Å². The van der Waals surface area contributed by atoms with Crippen LogP contribution in [0, 0.1) is 10.1 Å².